The topological polar surface area (TPSA) is 67.4 Å². The zero-order chi connectivity index (χ0) is 19.0. The van der Waals surface area contributed by atoms with Gasteiger partial charge in [0.25, 0.3) is 5.91 Å². The molecule has 1 amide bonds. The average Bonchev–Trinajstić information content (AvgIpc) is 3.19. The number of fused-ring (bicyclic) bond motifs is 1. The van der Waals surface area contributed by atoms with Crippen LogP contribution in [0.25, 0.3) is 0 Å². The minimum absolute atomic E-state index is 0.122. The lowest BCUT2D eigenvalue weighted by atomic mass is 9.94. The number of hydrogen-bond acceptors (Lipinski definition) is 5. The Morgan fingerprint density at radius 3 is 2.81 bits per heavy atom. The first-order valence-electron chi connectivity index (χ1n) is 10.1. The van der Waals surface area contributed by atoms with Gasteiger partial charge in [0.2, 0.25) is 0 Å². The summed E-state index contributed by atoms with van der Waals surface area (Å²) >= 11 is 0. The molecule has 1 saturated heterocycles. The maximum absolute atomic E-state index is 12.8. The van der Waals surface area contributed by atoms with E-state index in [1.807, 2.05) is 36.4 Å². The van der Waals surface area contributed by atoms with Crippen molar-refractivity contribution in [3.8, 4) is 0 Å². The Labute approximate surface area is 160 Å². The molecule has 0 saturated carbocycles. The van der Waals surface area contributed by atoms with Gasteiger partial charge in [0.15, 0.2) is 0 Å². The van der Waals surface area contributed by atoms with Crippen LogP contribution in [0.15, 0.2) is 10.6 Å². The van der Waals surface area contributed by atoms with Gasteiger partial charge in [-0.05, 0) is 52.6 Å². The first-order valence-corrected chi connectivity index (χ1v) is 10.1. The van der Waals surface area contributed by atoms with Crippen LogP contribution in [0.2, 0.25) is 0 Å². The molecule has 27 heavy (non-hydrogen) atoms. The summed E-state index contributed by atoms with van der Waals surface area (Å²) in [5.74, 6) is 1.41. The Morgan fingerprint density at radius 1 is 1.22 bits per heavy atom. The third-order valence-electron chi connectivity index (χ3n) is 5.97. The van der Waals surface area contributed by atoms with Crippen LogP contribution >= 0.6 is 0 Å². The molecule has 1 atom stereocenters. The third kappa shape index (κ3) is 3.52. The maximum atomic E-state index is 12.8. The molecule has 0 aromatic carbocycles. The Bertz CT molecular complexity index is 805. The molecule has 0 radical (unpaired) electrons. The fourth-order valence-electron chi connectivity index (χ4n) is 4.35. The summed E-state index contributed by atoms with van der Waals surface area (Å²) in [5.41, 5.74) is 4.01. The molecule has 2 aliphatic rings. The summed E-state index contributed by atoms with van der Waals surface area (Å²) in [5, 5.41) is 8.91. The normalized spacial score (nSPS) is 21.4. The highest BCUT2D eigenvalue weighted by Gasteiger charge is 2.29. The van der Waals surface area contributed by atoms with Crippen LogP contribution in [0.3, 0.4) is 0 Å². The fraction of sp³-hybridized carbons (Fsp3) is 0.650. The van der Waals surface area contributed by atoms with Gasteiger partial charge in [-0.1, -0.05) is 5.16 Å². The summed E-state index contributed by atoms with van der Waals surface area (Å²) < 4.78 is 7.24. The van der Waals surface area contributed by atoms with Crippen LogP contribution < -0.4 is 0 Å². The van der Waals surface area contributed by atoms with Crippen molar-refractivity contribution in [2.45, 2.75) is 59.0 Å². The lowest BCUT2D eigenvalue weighted by molar-refractivity contribution is 0.0766. The van der Waals surface area contributed by atoms with Crippen molar-refractivity contribution in [2.24, 2.45) is 0 Å². The third-order valence-corrected chi connectivity index (χ3v) is 5.97. The van der Waals surface area contributed by atoms with Crippen LogP contribution in [0, 0.1) is 13.8 Å². The number of rotatable bonds is 4. The second-order valence-electron chi connectivity index (χ2n) is 7.79. The molecule has 4 heterocycles. The van der Waals surface area contributed by atoms with E-state index < -0.39 is 0 Å². The van der Waals surface area contributed by atoms with Crippen molar-refractivity contribution < 1.29 is 9.32 Å². The highest BCUT2D eigenvalue weighted by molar-refractivity contribution is 5.93. The summed E-state index contributed by atoms with van der Waals surface area (Å²) in [6.07, 6.45) is 3.24. The average molecular weight is 371 g/mol. The van der Waals surface area contributed by atoms with E-state index in [2.05, 4.69) is 10.1 Å². The molecule has 4 rings (SSSR count). The molecule has 7 heteroatoms. The lowest BCUT2D eigenvalue weighted by Gasteiger charge is -2.31. The van der Waals surface area contributed by atoms with Gasteiger partial charge in [0, 0.05) is 44.2 Å². The van der Waals surface area contributed by atoms with Crippen LogP contribution in [0.1, 0.15) is 65.3 Å². The monoisotopic (exact) mass is 371 g/mol. The standard InChI is InChI=1S/C20H29N5O2/c1-4-24-9-6-10-25-19(20(24)26)11-18(21-25)16-7-5-8-23(12-16)13-17-14(2)22-27-15(17)3/h11,16H,4-10,12-13H2,1-3H3. The minimum Gasteiger partial charge on any atom is -0.361 e. The molecular formula is C20H29N5O2. The van der Waals surface area contributed by atoms with Crippen LogP contribution in [-0.2, 0) is 13.1 Å². The van der Waals surface area contributed by atoms with Crippen molar-refractivity contribution in [2.75, 3.05) is 26.2 Å². The molecule has 7 nitrogen and oxygen atoms in total. The largest absolute Gasteiger partial charge is 0.361 e. The van der Waals surface area contributed by atoms with Gasteiger partial charge in [0.05, 0.1) is 11.4 Å². The van der Waals surface area contributed by atoms with E-state index in [4.69, 9.17) is 9.62 Å². The van der Waals surface area contributed by atoms with E-state index >= 15 is 0 Å². The Morgan fingerprint density at radius 2 is 2.07 bits per heavy atom. The highest BCUT2D eigenvalue weighted by atomic mass is 16.5. The van der Waals surface area contributed by atoms with E-state index in [0.29, 0.717) is 5.92 Å². The van der Waals surface area contributed by atoms with Crippen molar-refractivity contribution in [1.29, 1.82) is 0 Å². The van der Waals surface area contributed by atoms with Gasteiger partial charge >= 0.3 is 0 Å². The number of nitrogens with zero attached hydrogens (tertiary/aromatic N) is 5. The van der Waals surface area contributed by atoms with Crippen LogP contribution in [0.5, 0.6) is 0 Å². The zero-order valence-electron chi connectivity index (χ0n) is 16.6. The van der Waals surface area contributed by atoms with Gasteiger partial charge in [-0.25, -0.2) is 0 Å². The molecule has 0 aliphatic carbocycles. The van der Waals surface area contributed by atoms with Crippen LogP contribution in [0.4, 0.5) is 0 Å². The van der Waals surface area contributed by atoms with Crippen molar-refractivity contribution in [1.82, 2.24) is 24.7 Å². The molecular weight excluding hydrogens is 342 g/mol. The molecule has 0 N–H and O–H groups in total. The Hall–Kier alpha value is -2.15. The van der Waals surface area contributed by atoms with E-state index in [0.717, 1.165) is 81.4 Å². The molecule has 2 aromatic heterocycles. The van der Waals surface area contributed by atoms with E-state index in [9.17, 15) is 4.79 Å². The number of hydrogen-bond donors (Lipinski definition) is 0. The number of likely N-dealkylation sites (tertiary alicyclic amines) is 1. The first kappa shape index (κ1) is 18.2. The highest BCUT2D eigenvalue weighted by Crippen LogP contribution is 2.29. The number of aryl methyl sites for hydroxylation is 3. The van der Waals surface area contributed by atoms with Crippen molar-refractivity contribution in [3.05, 3.63) is 34.5 Å². The second kappa shape index (κ2) is 7.46. The van der Waals surface area contributed by atoms with Crippen molar-refractivity contribution in [3.63, 3.8) is 0 Å². The lowest BCUT2D eigenvalue weighted by Crippen LogP contribution is -2.34. The van der Waals surface area contributed by atoms with Gasteiger partial charge in [-0.3, -0.25) is 14.4 Å². The number of amides is 1. The quantitative estimate of drug-likeness (QED) is 0.827. The Balaban J connectivity index is 1.51. The smallest absolute Gasteiger partial charge is 0.272 e. The minimum atomic E-state index is 0.122. The van der Waals surface area contributed by atoms with Gasteiger partial charge in [0.1, 0.15) is 11.5 Å². The summed E-state index contributed by atoms with van der Waals surface area (Å²) in [7, 11) is 0. The van der Waals surface area contributed by atoms with Gasteiger partial charge in [-0.15, -0.1) is 0 Å². The second-order valence-corrected chi connectivity index (χ2v) is 7.79. The molecule has 0 spiro atoms. The number of carbonyl (C=O) groups excluding carboxylic acids is 1. The molecule has 2 aromatic rings. The van der Waals surface area contributed by atoms with Gasteiger partial charge in [-0.2, -0.15) is 5.10 Å². The molecule has 1 fully saturated rings. The molecule has 146 valence electrons. The van der Waals surface area contributed by atoms with E-state index in [1.165, 1.54) is 5.56 Å². The molecule has 1 unspecified atom stereocenters. The maximum Gasteiger partial charge on any atom is 0.272 e. The summed E-state index contributed by atoms with van der Waals surface area (Å²) in [6, 6.07) is 2.04. The van der Waals surface area contributed by atoms with Crippen molar-refractivity contribution >= 4 is 5.91 Å². The van der Waals surface area contributed by atoms with E-state index in [1.54, 1.807) is 0 Å². The first-order chi connectivity index (χ1) is 13.1. The van der Waals surface area contributed by atoms with Gasteiger partial charge < -0.3 is 9.42 Å². The number of piperidine rings is 1. The Kier molecular flexibility index (Phi) is 5.04. The fourth-order valence-corrected chi connectivity index (χ4v) is 4.35. The summed E-state index contributed by atoms with van der Waals surface area (Å²) in [6.45, 7) is 11.3. The molecule has 2 aliphatic heterocycles. The number of aromatic nitrogens is 3. The van der Waals surface area contributed by atoms with Crippen LogP contribution in [-0.4, -0.2) is 56.8 Å². The SMILES string of the molecule is CCN1CCCn2nc(C3CCCN(Cc4c(C)noc4C)C3)cc2C1=O. The predicted octanol–water partition coefficient (Wildman–Crippen LogP) is 2.73. The molecule has 0 bridgehead atoms. The zero-order valence-corrected chi connectivity index (χ0v) is 16.6. The predicted molar refractivity (Wildman–Crippen MR) is 102 cm³/mol. The summed E-state index contributed by atoms with van der Waals surface area (Å²) in [4.78, 5) is 17.1. The number of carbonyl (C=O) groups is 1. The van der Waals surface area contributed by atoms with E-state index in [-0.39, 0.29) is 5.91 Å².